The molecule has 0 fully saturated rings. The van der Waals surface area contributed by atoms with Crippen molar-refractivity contribution in [2.75, 3.05) is 18.6 Å². The lowest BCUT2D eigenvalue weighted by Gasteiger charge is -2.20. The number of sulfone groups is 1. The number of rotatable bonds is 8. The molecule has 1 amide bonds. The van der Waals surface area contributed by atoms with Gasteiger partial charge in [0.25, 0.3) is 5.91 Å². The van der Waals surface area contributed by atoms with Crippen molar-refractivity contribution in [1.82, 2.24) is 14.8 Å². The maximum Gasteiger partial charge on any atom is 0.260 e. The minimum absolute atomic E-state index is 0.198. The number of ether oxygens (including phenoxy) is 1. The van der Waals surface area contributed by atoms with E-state index in [9.17, 15) is 13.2 Å². The van der Waals surface area contributed by atoms with Gasteiger partial charge in [0.05, 0.1) is 34.0 Å². The first kappa shape index (κ1) is 22.9. The van der Waals surface area contributed by atoms with Crippen LogP contribution in [0.25, 0.3) is 10.2 Å². The molecule has 0 saturated heterocycles. The number of amides is 1. The zero-order chi connectivity index (χ0) is 23.6. The van der Waals surface area contributed by atoms with Crippen LogP contribution in [-0.4, -0.2) is 48.0 Å². The first-order chi connectivity index (χ1) is 15.8. The number of anilines is 1. The summed E-state index contributed by atoms with van der Waals surface area (Å²) in [7, 11) is -1.81. The van der Waals surface area contributed by atoms with E-state index in [2.05, 4.69) is 10.1 Å². The molecule has 0 aliphatic carbocycles. The molecule has 0 aliphatic rings. The van der Waals surface area contributed by atoms with Crippen LogP contribution in [0, 0.1) is 0 Å². The molecule has 4 aromatic rings. The lowest BCUT2D eigenvalue weighted by atomic mass is 10.2. The molecule has 10 heteroatoms. The lowest BCUT2D eigenvalue weighted by Crippen LogP contribution is -2.34. The van der Waals surface area contributed by atoms with Crippen LogP contribution in [0.3, 0.4) is 0 Å². The number of carbonyl (C=O) groups is 1. The summed E-state index contributed by atoms with van der Waals surface area (Å²) >= 11 is 1.39. The van der Waals surface area contributed by atoms with E-state index in [-0.39, 0.29) is 10.8 Å². The van der Waals surface area contributed by atoms with Gasteiger partial charge >= 0.3 is 0 Å². The smallest absolute Gasteiger partial charge is 0.260 e. The van der Waals surface area contributed by atoms with E-state index in [4.69, 9.17) is 4.74 Å². The summed E-state index contributed by atoms with van der Waals surface area (Å²) in [6, 6.07) is 13.5. The molecular weight excluding hydrogens is 460 g/mol. The van der Waals surface area contributed by atoms with Crippen LogP contribution < -0.4 is 9.64 Å². The maximum absolute atomic E-state index is 13.5. The van der Waals surface area contributed by atoms with Crippen molar-refractivity contribution < 1.29 is 17.9 Å². The summed E-state index contributed by atoms with van der Waals surface area (Å²) in [6.07, 6.45) is 3.52. The third kappa shape index (κ3) is 4.76. The minimum atomic E-state index is -3.41. The molecule has 0 N–H and O–H groups in total. The Bertz CT molecular complexity index is 1360. The number of benzene rings is 2. The van der Waals surface area contributed by atoms with Gasteiger partial charge in [-0.3, -0.25) is 14.4 Å². The van der Waals surface area contributed by atoms with Gasteiger partial charge in [-0.2, -0.15) is 5.10 Å². The number of carbonyl (C=O) groups excluding carboxylic acids is 1. The molecule has 0 saturated carbocycles. The summed E-state index contributed by atoms with van der Waals surface area (Å²) in [5, 5.41) is 4.23. The van der Waals surface area contributed by atoms with Crippen LogP contribution in [0.2, 0.25) is 0 Å². The van der Waals surface area contributed by atoms with Gasteiger partial charge in [0.1, 0.15) is 5.75 Å². The van der Waals surface area contributed by atoms with E-state index < -0.39 is 15.1 Å². The lowest BCUT2D eigenvalue weighted by molar-refractivity contribution is 0.0985. The first-order valence-corrected chi connectivity index (χ1v) is 12.7. The number of hydrogen-bond donors (Lipinski definition) is 0. The Morgan fingerprint density at radius 1 is 1.18 bits per heavy atom. The van der Waals surface area contributed by atoms with Gasteiger partial charge in [-0.05, 0) is 62.4 Å². The number of methoxy groups -OCH3 is 1. The van der Waals surface area contributed by atoms with Crippen LogP contribution in [0.4, 0.5) is 5.13 Å². The maximum atomic E-state index is 13.5. The highest BCUT2D eigenvalue weighted by Gasteiger charge is 2.24. The molecule has 172 valence electrons. The van der Waals surface area contributed by atoms with Gasteiger partial charge in [-0.25, -0.2) is 13.4 Å². The number of aromatic nitrogens is 3. The molecule has 0 bridgehead atoms. The summed E-state index contributed by atoms with van der Waals surface area (Å²) in [4.78, 5) is 19.9. The molecule has 33 heavy (non-hydrogen) atoms. The molecule has 0 unspecified atom stereocenters. The van der Waals surface area contributed by atoms with Crippen LogP contribution in [-0.2, 0) is 16.4 Å². The van der Waals surface area contributed by atoms with Gasteiger partial charge in [0, 0.05) is 24.5 Å². The van der Waals surface area contributed by atoms with Crippen LogP contribution in [0.1, 0.15) is 24.2 Å². The monoisotopic (exact) mass is 484 g/mol. The van der Waals surface area contributed by atoms with Gasteiger partial charge < -0.3 is 4.74 Å². The van der Waals surface area contributed by atoms with Crippen LogP contribution in [0.15, 0.2) is 65.8 Å². The predicted octanol–water partition coefficient (Wildman–Crippen LogP) is 4.03. The van der Waals surface area contributed by atoms with Crippen molar-refractivity contribution in [2.45, 2.75) is 30.5 Å². The van der Waals surface area contributed by atoms with E-state index in [0.717, 1.165) is 10.2 Å². The van der Waals surface area contributed by atoms with Crippen molar-refractivity contribution >= 4 is 42.4 Å². The fourth-order valence-corrected chi connectivity index (χ4v) is 5.35. The van der Waals surface area contributed by atoms with Crippen molar-refractivity contribution in [3.05, 3.63) is 66.5 Å². The average Bonchev–Trinajstić information content (AvgIpc) is 3.48. The molecular formula is C23H24N4O4S2. The first-order valence-electron chi connectivity index (χ1n) is 10.4. The Morgan fingerprint density at radius 3 is 2.58 bits per heavy atom. The highest BCUT2D eigenvalue weighted by atomic mass is 32.2. The Morgan fingerprint density at radius 2 is 1.94 bits per heavy atom. The normalized spacial score (nSPS) is 11.8. The SMILES string of the molecule is COc1ccc2nc(N(CCn3cccn3)C(=O)c3ccc(S(=O)(=O)C(C)C)cc3)sc2c1. The third-order valence-corrected chi connectivity index (χ3v) is 8.43. The minimum Gasteiger partial charge on any atom is -0.497 e. The number of thiazole rings is 1. The largest absolute Gasteiger partial charge is 0.497 e. The Kier molecular flexibility index (Phi) is 6.48. The van der Waals surface area contributed by atoms with Crippen molar-refractivity contribution in [3.63, 3.8) is 0 Å². The zero-order valence-electron chi connectivity index (χ0n) is 18.5. The van der Waals surface area contributed by atoms with Crippen LogP contribution in [0.5, 0.6) is 5.75 Å². The summed E-state index contributed by atoms with van der Waals surface area (Å²) in [6.45, 7) is 4.10. The topological polar surface area (TPSA) is 94.4 Å². The van der Waals surface area contributed by atoms with Crippen LogP contribution >= 0.6 is 11.3 Å². The fourth-order valence-electron chi connectivity index (χ4n) is 3.27. The molecule has 2 aromatic carbocycles. The Hall–Kier alpha value is -3.24. The molecule has 8 nitrogen and oxygen atoms in total. The number of hydrogen-bond acceptors (Lipinski definition) is 7. The third-order valence-electron chi connectivity index (χ3n) is 5.22. The van der Waals surface area contributed by atoms with Crippen molar-refractivity contribution in [2.24, 2.45) is 0 Å². The average molecular weight is 485 g/mol. The second kappa shape index (κ2) is 9.32. The second-order valence-electron chi connectivity index (χ2n) is 7.67. The highest BCUT2D eigenvalue weighted by Crippen LogP contribution is 2.32. The highest BCUT2D eigenvalue weighted by molar-refractivity contribution is 7.92. The summed E-state index contributed by atoms with van der Waals surface area (Å²) < 4.78 is 32.8. The standard InChI is InChI=1S/C23H24N4O4S2/c1-16(2)33(29,30)19-8-5-17(6-9-19)22(28)27(14-13-26-12-4-11-24-26)23-25-20-10-7-18(31-3)15-21(20)32-23/h4-12,15-16H,13-14H2,1-3H3. The summed E-state index contributed by atoms with van der Waals surface area (Å²) in [5.41, 5.74) is 1.15. The quantitative estimate of drug-likeness (QED) is 0.375. The van der Waals surface area contributed by atoms with Crippen molar-refractivity contribution in [1.29, 1.82) is 0 Å². The zero-order valence-corrected chi connectivity index (χ0v) is 20.1. The predicted molar refractivity (Wildman–Crippen MR) is 129 cm³/mol. The van der Waals surface area contributed by atoms with Crippen molar-refractivity contribution in [3.8, 4) is 5.75 Å². The Balaban J connectivity index is 1.67. The van der Waals surface area contributed by atoms with Gasteiger partial charge in [0.2, 0.25) is 0 Å². The fraction of sp³-hybridized carbons (Fsp3) is 0.261. The number of nitrogens with zero attached hydrogens (tertiary/aromatic N) is 4. The Labute approximate surface area is 196 Å². The summed E-state index contributed by atoms with van der Waals surface area (Å²) in [5.74, 6) is 0.454. The molecule has 0 spiro atoms. The number of fused-ring (bicyclic) bond motifs is 1. The second-order valence-corrected chi connectivity index (χ2v) is 11.2. The van der Waals surface area contributed by atoms with E-state index in [1.165, 1.54) is 23.5 Å². The molecule has 0 aliphatic heterocycles. The van der Waals surface area contributed by atoms with Gasteiger partial charge in [0.15, 0.2) is 15.0 Å². The van der Waals surface area contributed by atoms with Gasteiger partial charge in [-0.1, -0.05) is 11.3 Å². The van der Waals surface area contributed by atoms with E-state index in [1.54, 1.807) is 48.9 Å². The molecule has 0 radical (unpaired) electrons. The molecule has 0 atom stereocenters. The van der Waals surface area contributed by atoms with E-state index in [1.807, 2.05) is 30.5 Å². The molecule has 4 rings (SSSR count). The van der Waals surface area contributed by atoms with E-state index in [0.29, 0.717) is 29.5 Å². The van der Waals surface area contributed by atoms with Gasteiger partial charge in [-0.15, -0.1) is 0 Å². The molecule has 2 aromatic heterocycles. The van der Waals surface area contributed by atoms with E-state index >= 15 is 0 Å². The molecule has 2 heterocycles.